The molecule has 0 atom stereocenters. The Labute approximate surface area is 103 Å². The Kier molecular flexibility index (Phi) is 5.94. The summed E-state index contributed by atoms with van der Waals surface area (Å²) in [5.41, 5.74) is 0.912. The first-order valence-electron chi connectivity index (χ1n) is 6.03. The Morgan fingerprint density at radius 1 is 1.47 bits per heavy atom. The highest BCUT2D eigenvalue weighted by Crippen LogP contribution is 1.98. The highest BCUT2D eigenvalue weighted by molar-refractivity contribution is 5.10. The average Bonchev–Trinajstić information content (AvgIpc) is 2.28. The van der Waals surface area contributed by atoms with Gasteiger partial charge in [-0.2, -0.15) is 0 Å². The summed E-state index contributed by atoms with van der Waals surface area (Å²) in [6.07, 6.45) is 1.85. The largest absolute Gasteiger partial charge is 0.383 e. The zero-order valence-electron chi connectivity index (χ0n) is 10.9. The lowest BCUT2D eigenvalue weighted by Gasteiger charge is -2.10. The molecule has 0 spiro atoms. The molecule has 0 aromatic carbocycles. The lowest BCUT2D eigenvalue weighted by Crippen LogP contribution is -2.29. The van der Waals surface area contributed by atoms with E-state index in [4.69, 9.17) is 4.74 Å². The molecule has 17 heavy (non-hydrogen) atoms. The van der Waals surface area contributed by atoms with Gasteiger partial charge >= 0.3 is 0 Å². The summed E-state index contributed by atoms with van der Waals surface area (Å²) in [5, 5.41) is 3.19. The standard InChI is InChI=1S/C13H22N2O2/c1-11(2)10-15-7-4-5-12(13(15)16)9-14-6-8-17-3/h4-5,7,11,14H,6,8-10H2,1-3H3. The van der Waals surface area contributed by atoms with Gasteiger partial charge in [-0.1, -0.05) is 19.9 Å². The molecule has 1 aromatic rings. The molecule has 0 radical (unpaired) electrons. The Hall–Kier alpha value is -1.13. The number of pyridine rings is 1. The van der Waals surface area contributed by atoms with Crippen molar-refractivity contribution in [2.24, 2.45) is 5.92 Å². The Bertz CT molecular complexity index is 385. The van der Waals surface area contributed by atoms with Crippen LogP contribution in [-0.2, 0) is 17.8 Å². The van der Waals surface area contributed by atoms with Crippen LogP contribution in [0.2, 0.25) is 0 Å². The van der Waals surface area contributed by atoms with Gasteiger partial charge in [0.25, 0.3) is 5.56 Å². The molecule has 0 saturated heterocycles. The van der Waals surface area contributed by atoms with Crippen molar-refractivity contribution in [3.05, 3.63) is 34.2 Å². The molecule has 4 heteroatoms. The zero-order chi connectivity index (χ0) is 12.7. The molecule has 1 aromatic heterocycles. The number of ether oxygens (including phenoxy) is 1. The van der Waals surface area contributed by atoms with E-state index in [1.807, 2.05) is 18.3 Å². The molecule has 1 rings (SSSR count). The van der Waals surface area contributed by atoms with Crippen molar-refractivity contribution in [2.45, 2.75) is 26.9 Å². The molecule has 1 heterocycles. The molecular weight excluding hydrogens is 216 g/mol. The third-order valence-electron chi connectivity index (χ3n) is 2.46. The highest BCUT2D eigenvalue weighted by Gasteiger charge is 2.04. The predicted molar refractivity (Wildman–Crippen MR) is 69.1 cm³/mol. The molecular formula is C13H22N2O2. The third kappa shape index (κ3) is 4.71. The predicted octanol–water partition coefficient (Wildman–Crippen LogP) is 1.24. The lowest BCUT2D eigenvalue weighted by atomic mass is 10.2. The Morgan fingerprint density at radius 2 is 2.24 bits per heavy atom. The molecule has 0 bridgehead atoms. The summed E-state index contributed by atoms with van der Waals surface area (Å²) in [4.78, 5) is 12.1. The normalized spacial score (nSPS) is 11.1. The maximum atomic E-state index is 12.1. The van der Waals surface area contributed by atoms with Gasteiger partial charge in [0.1, 0.15) is 0 Å². The molecule has 0 aliphatic carbocycles. The summed E-state index contributed by atoms with van der Waals surface area (Å²) in [6.45, 7) is 7.00. The van der Waals surface area contributed by atoms with Gasteiger partial charge in [0.2, 0.25) is 0 Å². The van der Waals surface area contributed by atoms with Crippen molar-refractivity contribution in [3.8, 4) is 0 Å². The second-order valence-corrected chi connectivity index (χ2v) is 4.55. The van der Waals surface area contributed by atoms with Gasteiger partial charge in [0, 0.05) is 38.5 Å². The Morgan fingerprint density at radius 3 is 2.88 bits per heavy atom. The molecule has 1 N–H and O–H groups in total. The summed E-state index contributed by atoms with van der Waals surface area (Å²) in [5.74, 6) is 0.476. The second kappa shape index (κ2) is 7.25. The van der Waals surface area contributed by atoms with Crippen molar-refractivity contribution in [1.29, 1.82) is 0 Å². The zero-order valence-corrected chi connectivity index (χ0v) is 10.9. The molecule has 96 valence electrons. The number of hydrogen-bond acceptors (Lipinski definition) is 3. The first-order chi connectivity index (χ1) is 8.15. The van der Waals surface area contributed by atoms with Gasteiger partial charge in [-0.05, 0) is 12.0 Å². The fourth-order valence-corrected chi connectivity index (χ4v) is 1.66. The molecule has 0 aliphatic heterocycles. The molecule has 0 saturated carbocycles. The van der Waals surface area contributed by atoms with Gasteiger partial charge in [-0.3, -0.25) is 4.79 Å². The molecule has 0 aliphatic rings. The topological polar surface area (TPSA) is 43.3 Å². The lowest BCUT2D eigenvalue weighted by molar-refractivity contribution is 0.199. The van der Waals surface area contributed by atoms with E-state index in [0.29, 0.717) is 19.1 Å². The monoisotopic (exact) mass is 238 g/mol. The number of aromatic nitrogens is 1. The summed E-state index contributed by atoms with van der Waals surface area (Å²) in [7, 11) is 1.67. The van der Waals surface area contributed by atoms with Crippen LogP contribution in [0.25, 0.3) is 0 Å². The number of nitrogens with one attached hydrogen (secondary N) is 1. The maximum absolute atomic E-state index is 12.1. The van der Waals surface area contributed by atoms with Crippen molar-refractivity contribution in [1.82, 2.24) is 9.88 Å². The fourth-order valence-electron chi connectivity index (χ4n) is 1.66. The van der Waals surface area contributed by atoms with Crippen molar-refractivity contribution < 1.29 is 4.74 Å². The van der Waals surface area contributed by atoms with Crippen LogP contribution < -0.4 is 10.9 Å². The van der Waals surface area contributed by atoms with Crippen LogP contribution in [0, 0.1) is 5.92 Å². The number of hydrogen-bond donors (Lipinski definition) is 1. The van der Waals surface area contributed by atoms with E-state index in [2.05, 4.69) is 19.2 Å². The van der Waals surface area contributed by atoms with Crippen molar-refractivity contribution in [2.75, 3.05) is 20.3 Å². The first kappa shape index (κ1) is 13.9. The molecule has 0 fully saturated rings. The summed E-state index contributed by atoms with van der Waals surface area (Å²) >= 11 is 0. The smallest absolute Gasteiger partial charge is 0.255 e. The van der Waals surface area contributed by atoms with Crippen molar-refractivity contribution >= 4 is 0 Å². The second-order valence-electron chi connectivity index (χ2n) is 4.55. The molecule has 0 unspecified atom stereocenters. The van der Waals surface area contributed by atoms with E-state index in [9.17, 15) is 4.79 Å². The minimum absolute atomic E-state index is 0.103. The molecule has 0 amide bonds. The van der Waals surface area contributed by atoms with E-state index in [1.165, 1.54) is 0 Å². The Balaban J connectivity index is 2.63. The first-order valence-corrected chi connectivity index (χ1v) is 6.03. The van der Waals surface area contributed by atoms with Gasteiger partial charge in [-0.25, -0.2) is 0 Å². The SMILES string of the molecule is COCCNCc1cccn(CC(C)C)c1=O. The average molecular weight is 238 g/mol. The van der Waals surface area contributed by atoms with Crippen LogP contribution in [-0.4, -0.2) is 24.8 Å². The summed E-state index contributed by atoms with van der Waals surface area (Å²) in [6, 6.07) is 3.80. The van der Waals surface area contributed by atoms with Crippen LogP contribution in [0.1, 0.15) is 19.4 Å². The van der Waals surface area contributed by atoms with E-state index in [1.54, 1.807) is 11.7 Å². The van der Waals surface area contributed by atoms with Crippen LogP contribution in [0.5, 0.6) is 0 Å². The van der Waals surface area contributed by atoms with Gasteiger partial charge in [0.15, 0.2) is 0 Å². The number of rotatable bonds is 7. The van der Waals surface area contributed by atoms with E-state index < -0.39 is 0 Å². The van der Waals surface area contributed by atoms with E-state index in [0.717, 1.165) is 18.7 Å². The highest BCUT2D eigenvalue weighted by atomic mass is 16.5. The van der Waals surface area contributed by atoms with Gasteiger partial charge in [-0.15, -0.1) is 0 Å². The van der Waals surface area contributed by atoms with Crippen molar-refractivity contribution in [3.63, 3.8) is 0 Å². The van der Waals surface area contributed by atoms with E-state index in [-0.39, 0.29) is 5.56 Å². The van der Waals surface area contributed by atoms with Crippen LogP contribution in [0.4, 0.5) is 0 Å². The maximum Gasteiger partial charge on any atom is 0.255 e. The van der Waals surface area contributed by atoms with Gasteiger partial charge in [0.05, 0.1) is 6.61 Å². The summed E-state index contributed by atoms with van der Waals surface area (Å²) < 4.78 is 6.72. The van der Waals surface area contributed by atoms with Crippen LogP contribution in [0.3, 0.4) is 0 Å². The minimum atomic E-state index is 0.103. The van der Waals surface area contributed by atoms with E-state index >= 15 is 0 Å². The quantitative estimate of drug-likeness (QED) is 0.727. The number of methoxy groups -OCH3 is 1. The van der Waals surface area contributed by atoms with Crippen LogP contribution >= 0.6 is 0 Å². The fraction of sp³-hybridized carbons (Fsp3) is 0.615. The molecule has 4 nitrogen and oxygen atoms in total. The van der Waals surface area contributed by atoms with Crippen LogP contribution in [0.15, 0.2) is 23.1 Å². The third-order valence-corrected chi connectivity index (χ3v) is 2.46. The number of nitrogens with zero attached hydrogens (tertiary/aromatic N) is 1. The van der Waals surface area contributed by atoms with Gasteiger partial charge < -0.3 is 14.6 Å². The minimum Gasteiger partial charge on any atom is -0.383 e.